The summed E-state index contributed by atoms with van der Waals surface area (Å²) in [7, 11) is 0. The minimum atomic E-state index is -0.325. The van der Waals surface area contributed by atoms with Crippen molar-refractivity contribution in [1.82, 2.24) is 10.2 Å². The highest BCUT2D eigenvalue weighted by atomic mass is 35.5. The third kappa shape index (κ3) is 3.12. The van der Waals surface area contributed by atoms with Crippen LogP contribution in [0.1, 0.15) is 10.4 Å². The van der Waals surface area contributed by atoms with Gasteiger partial charge < -0.3 is 15.4 Å². The standard InChI is InChI=1S/C18H13ClN4O3/c19-11-3-1-2-10(6-11)17-13(8-20-23-17)18(25)21-12-4-5-14-15(7-12)26-9-16(24)22-14/h1-8H,9H2,(H,20,23)(H,21,25)(H,22,24). The van der Waals surface area contributed by atoms with Crippen LogP contribution >= 0.6 is 11.6 Å². The molecule has 0 fully saturated rings. The molecule has 2 amide bonds. The molecule has 0 spiro atoms. The Labute approximate surface area is 153 Å². The Hall–Kier alpha value is -3.32. The van der Waals surface area contributed by atoms with Crippen LogP contribution in [0.2, 0.25) is 5.02 Å². The van der Waals surface area contributed by atoms with E-state index in [-0.39, 0.29) is 18.4 Å². The van der Waals surface area contributed by atoms with Crippen molar-refractivity contribution in [1.29, 1.82) is 0 Å². The highest BCUT2D eigenvalue weighted by molar-refractivity contribution is 6.30. The highest BCUT2D eigenvalue weighted by Crippen LogP contribution is 2.31. The van der Waals surface area contributed by atoms with Gasteiger partial charge in [0.15, 0.2) is 6.61 Å². The number of halogens is 1. The molecule has 3 aromatic rings. The molecule has 0 aliphatic carbocycles. The summed E-state index contributed by atoms with van der Waals surface area (Å²) >= 11 is 6.02. The molecule has 0 saturated carbocycles. The summed E-state index contributed by atoms with van der Waals surface area (Å²) < 4.78 is 5.36. The van der Waals surface area contributed by atoms with Crippen LogP contribution < -0.4 is 15.4 Å². The summed E-state index contributed by atoms with van der Waals surface area (Å²) in [5, 5.41) is 12.9. The zero-order valence-corrected chi connectivity index (χ0v) is 14.1. The quantitative estimate of drug-likeness (QED) is 0.660. The van der Waals surface area contributed by atoms with Gasteiger partial charge in [0.1, 0.15) is 5.75 Å². The fraction of sp³-hybridized carbons (Fsp3) is 0.0556. The molecule has 8 heteroatoms. The zero-order valence-electron chi connectivity index (χ0n) is 13.4. The van der Waals surface area contributed by atoms with E-state index in [1.165, 1.54) is 6.20 Å². The number of ether oxygens (including phenoxy) is 1. The first-order chi connectivity index (χ1) is 12.6. The highest BCUT2D eigenvalue weighted by Gasteiger charge is 2.19. The number of fused-ring (bicyclic) bond motifs is 1. The third-order valence-electron chi connectivity index (χ3n) is 3.87. The van der Waals surface area contributed by atoms with Crippen molar-refractivity contribution >= 4 is 34.8 Å². The maximum absolute atomic E-state index is 12.7. The van der Waals surface area contributed by atoms with Gasteiger partial charge in [0.2, 0.25) is 0 Å². The molecule has 1 aliphatic rings. The first-order valence-corrected chi connectivity index (χ1v) is 8.15. The summed E-state index contributed by atoms with van der Waals surface area (Å²) in [6, 6.07) is 12.2. The minimum absolute atomic E-state index is 0.0506. The summed E-state index contributed by atoms with van der Waals surface area (Å²) in [6.45, 7) is -0.0506. The van der Waals surface area contributed by atoms with Crippen molar-refractivity contribution in [3.8, 4) is 17.0 Å². The van der Waals surface area contributed by atoms with Crippen LogP contribution in [-0.2, 0) is 4.79 Å². The lowest BCUT2D eigenvalue weighted by Crippen LogP contribution is -2.25. The number of nitrogens with one attached hydrogen (secondary N) is 3. The predicted molar refractivity (Wildman–Crippen MR) is 97.6 cm³/mol. The lowest BCUT2D eigenvalue weighted by molar-refractivity contribution is -0.118. The molecule has 130 valence electrons. The first kappa shape index (κ1) is 16.2. The Morgan fingerprint density at radius 1 is 1.23 bits per heavy atom. The molecule has 0 saturated heterocycles. The lowest BCUT2D eigenvalue weighted by atomic mass is 10.1. The van der Waals surface area contributed by atoms with Crippen LogP contribution in [0.4, 0.5) is 11.4 Å². The molecule has 26 heavy (non-hydrogen) atoms. The minimum Gasteiger partial charge on any atom is -0.482 e. The van der Waals surface area contributed by atoms with Gasteiger partial charge in [0, 0.05) is 22.3 Å². The van der Waals surface area contributed by atoms with E-state index in [9.17, 15) is 9.59 Å². The number of benzene rings is 2. The average Bonchev–Trinajstić information content (AvgIpc) is 3.12. The second-order valence-corrected chi connectivity index (χ2v) is 6.11. The van der Waals surface area contributed by atoms with E-state index in [1.807, 2.05) is 6.07 Å². The maximum Gasteiger partial charge on any atom is 0.262 e. The number of H-pyrrole nitrogens is 1. The Morgan fingerprint density at radius 3 is 2.96 bits per heavy atom. The van der Waals surface area contributed by atoms with E-state index in [0.29, 0.717) is 33.4 Å². The van der Waals surface area contributed by atoms with E-state index in [0.717, 1.165) is 5.56 Å². The topological polar surface area (TPSA) is 96.1 Å². The van der Waals surface area contributed by atoms with Crippen molar-refractivity contribution < 1.29 is 14.3 Å². The number of amides is 2. The van der Waals surface area contributed by atoms with Crippen molar-refractivity contribution in [2.45, 2.75) is 0 Å². The Bertz CT molecular complexity index is 1020. The molecule has 2 heterocycles. The van der Waals surface area contributed by atoms with Gasteiger partial charge in [-0.2, -0.15) is 5.10 Å². The number of anilines is 2. The van der Waals surface area contributed by atoms with Gasteiger partial charge in [-0.05, 0) is 24.3 Å². The smallest absolute Gasteiger partial charge is 0.262 e. The van der Waals surface area contributed by atoms with E-state index in [1.54, 1.807) is 36.4 Å². The SMILES string of the molecule is O=C1COc2cc(NC(=O)c3cn[nH]c3-c3cccc(Cl)c3)ccc2N1. The fourth-order valence-electron chi connectivity index (χ4n) is 2.67. The average molecular weight is 369 g/mol. The number of hydrogen-bond donors (Lipinski definition) is 3. The summed E-state index contributed by atoms with van der Waals surface area (Å²) in [5.74, 6) is -0.0305. The number of carbonyl (C=O) groups excluding carboxylic acids is 2. The predicted octanol–water partition coefficient (Wildman–Crippen LogP) is 3.31. The molecule has 2 aromatic carbocycles. The Balaban J connectivity index is 1.58. The second kappa shape index (κ2) is 6.53. The maximum atomic E-state index is 12.7. The van der Waals surface area contributed by atoms with Crippen LogP contribution in [0.3, 0.4) is 0 Å². The second-order valence-electron chi connectivity index (χ2n) is 5.67. The van der Waals surface area contributed by atoms with Gasteiger partial charge in [-0.1, -0.05) is 23.7 Å². The van der Waals surface area contributed by atoms with E-state index < -0.39 is 0 Å². The van der Waals surface area contributed by atoms with Gasteiger partial charge in [0.05, 0.1) is 23.1 Å². The Kier molecular flexibility index (Phi) is 4.06. The molecule has 0 radical (unpaired) electrons. The fourth-order valence-corrected chi connectivity index (χ4v) is 2.86. The molecule has 7 nitrogen and oxygen atoms in total. The van der Waals surface area contributed by atoms with E-state index >= 15 is 0 Å². The van der Waals surface area contributed by atoms with Gasteiger partial charge >= 0.3 is 0 Å². The van der Waals surface area contributed by atoms with Crippen LogP contribution in [0.25, 0.3) is 11.3 Å². The van der Waals surface area contributed by atoms with Crippen LogP contribution in [0.5, 0.6) is 5.75 Å². The summed E-state index contributed by atoms with van der Waals surface area (Å²) in [4.78, 5) is 24.0. The molecular weight excluding hydrogens is 356 g/mol. The number of carbonyl (C=O) groups is 2. The molecule has 0 bridgehead atoms. The third-order valence-corrected chi connectivity index (χ3v) is 4.10. The number of rotatable bonds is 3. The lowest BCUT2D eigenvalue weighted by Gasteiger charge is -2.18. The molecule has 1 aliphatic heterocycles. The molecule has 1 aromatic heterocycles. The van der Waals surface area contributed by atoms with E-state index in [4.69, 9.17) is 16.3 Å². The van der Waals surface area contributed by atoms with Gasteiger partial charge in [-0.3, -0.25) is 14.7 Å². The van der Waals surface area contributed by atoms with Crippen LogP contribution in [-0.4, -0.2) is 28.6 Å². The van der Waals surface area contributed by atoms with Crippen molar-refractivity contribution in [3.05, 3.63) is 59.2 Å². The van der Waals surface area contributed by atoms with Crippen molar-refractivity contribution in [2.75, 3.05) is 17.2 Å². The first-order valence-electron chi connectivity index (χ1n) is 7.77. The van der Waals surface area contributed by atoms with Crippen LogP contribution in [0, 0.1) is 0 Å². The van der Waals surface area contributed by atoms with Crippen molar-refractivity contribution in [3.63, 3.8) is 0 Å². The largest absolute Gasteiger partial charge is 0.482 e. The molecule has 0 unspecified atom stereocenters. The zero-order chi connectivity index (χ0) is 18.1. The monoisotopic (exact) mass is 368 g/mol. The normalized spacial score (nSPS) is 12.7. The number of aromatic amines is 1. The van der Waals surface area contributed by atoms with Gasteiger partial charge in [0.25, 0.3) is 11.8 Å². The van der Waals surface area contributed by atoms with Gasteiger partial charge in [-0.15, -0.1) is 0 Å². The summed E-state index contributed by atoms with van der Waals surface area (Å²) in [5.41, 5.74) is 2.84. The summed E-state index contributed by atoms with van der Waals surface area (Å²) in [6.07, 6.45) is 1.46. The number of nitrogens with zero attached hydrogens (tertiary/aromatic N) is 1. The van der Waals surface area contributed by atoms with E-state index in [2.05, 4.69) is 20.8 Å². The molecule has 3 N–H and O–H groups in total. The molecule has 4 rings (SSSR count). The molecular formula is C18H13ClN4O3. The number of aromatic nitrogens is 2. The number of hydrogen-bond acceptors (Lipinski definition) is 4. The molecule has 0 atom stereocenters. The Morgan fingerprint density at radius 2 is 2.12 bits per heavy atom. The van der Waals surface area contributed by atoms with Crippen LogP contribution in [0.15, 0.2) is 48.7 Å². The van der Waals surface area contributed by atoms with Gasteiger partial charge in [-0.25, -0.2) is 0 Å². The van der Waals surface area contributed by atoms with Crippen molar-refractivity contribution in [2.24, 2.45) is 0 Å².